The topological polar surface area (TPSA) is 64.4 Å². The first-order valence-electron chi connectivity index (χ1n) is 5.59. The van der Waals surface area contributed by atoms with E-state index in [0.717, 1.165) is 5.69 Å². The lowest BCUT2D eigenvalue weighted by molar-refractivity contribution is 0.0951. The van der Waals surface area contributed by atoms with E-state index in [4.69, 9.17) is 9.15 Å². The van der Waals surface area contributed by atoms with E-state index in [1.165, 1.54) is 6.39 Å². The zero-order valence-electron chi connectivity index (χ0n) is 10.1. The molecule has 1 amide bonds. The van der Waals surface area contributed by atoms with Gasteiger partial charge in [-0.3, -0.25) is 4.79 Å². The zero-order chi connectivity index (χ0) is 12.8. The van der Waals surface area contributed by atoms with Crippen molar-refractivity contribution in [3.8, 4) is 5.75 Å². The molecule has 0 saturated heterocycles. The molecular weight excluding hydrogens is 232 g/mol. The largest absolute Gasteiger partial charge is 0.496 e. The molecule has 5 heteroatoms. The zero-order valence-corrected chi connectivity index (χ0v) is 10.1. The molecule has 0 aliphatic rings. The van der Waals surface area contributed by atoms with Crippen molar-refractivity contribution >= 4 is 5.91 Å². The van der Waals surface area contributed by atoms with E-state index in [2.05, 4.69) is 10.3 Å². The van der Waals surface area contributed by atoms with Crippen LogP contribution in [-0.2, 0) is 6.42 Å². The number of hydrogen-bond acceptors (Lipinski definition) is 4. The fourth-order valence-electron chi connectivity index (χ4n) is 1.59. The first-order valence-corrected chi connectivity index (χ1v) is 5.59. The number of carbonyl (C=O) groups is 1. The van der Waals surface area contributed by atoms with Gasteiger partial charge in [-0.05, 0) is 12.1 Å². The van der Waals surface area contributed by atoms with Crippen LogP contribution in [0.25, 0.3) is 0 Å². The number of oxazole rings is 1. The molecule has 0 unspecified atom stereocenters. The smallest absolute Gasteiger partial charge is 0.255 e. The number of aromatic nitrogens is 1. The van der Waals surface area contributed by atoms with Gasteiger partial charge in [-0.2, -0.15) is 0 Å². The van der Waals surface area contributed by atoms with E-state index in [1.807, 2.05) is 6.07 Å². The molecule has 1 heterocycles. The fourth-order valence-corrected chi connectivity index (χ4v) is 1.59. The summed E-state index contributed by atoms with van der Waals surface area (Å²) in [6.45, 7) is 0.503. The van der Waals surface area contributed by atoms with Crippen molar-refractivity contribution in [3.05, 3.63) is 48.2 Å². The Balaban J connectivity index is 1.91. The third-order valence-electron chi connectivity index (χ3n) is 2.50. The average Bonchev–Trinajstić information content (AvgIpc) is 2.91. The summed E-state index contributed by atoms with van der Waals surface area (Å²) in [6.07, 6.45) is 3.57. The van der Waals surface area contributed by atoms with Crippen molar-refractivity contribution < 1.29 is 13.9 Å². The molecule has 1 aromatic heterocycles. The summed E-state index contributed by atoms with van der Waals surface area (Å²) in [5.74, 6) is 0.410. The molecule has 18 heavy (non-hydrogen) atoms. The molecule has 2 rings (SSSR count). The van der Waals surface area contributed by atoms with Gasteiger partial charge in [-0.25, -0.2) is 4.98 Å². The number of amides is 1. The minimum Gasteiger partial charge on any atom is -0.496 e. The number of hydrogen-bond donors (Lipinski definition) is 1. The lowest BCUT2D eigenvalue weighted by atomic mass is 10.2. The quantitative estimate of drug-likeness (QED) is 0.871. The second-order valence-electron chi connectivity index (χ2n) is 3.69. The van der Waals surface area contributed by atoms with Gasteiger partial charge in [0.1, 0.15) is 12.0 Å². The molecule has 0 bridgehead atoms. The third kappa shape index (κ3) is 2.88. The van der Waals surface area contributed by atoms with Crippen molar-refractivity contribution in [1.82, 2.24) is 10.3 Å². The molecule has 1 aromatic carbocycles. The van der Waals surface area contributed by atoms with E-state index >= 15 is 0 Å². The highest BCUT2D eigenvalue weighted by Gasteiger charge is 2.10. The number of rotatable bonds is 5. The van der Waals surface area contributed by atoms with Crippen molar-refractivity contribution in [3.63, 3.8) is 0 Å². The molecule has 0 spiro atoms. The van der Waals surface area contributed by atoms with Crippen molar-refractivity contribution in [2.24, 2.45) is 0 Å². The molecule has 2 aromatic rings. The van der Waals surface area contributed by atoms with Crippen LogP contribution >= 0.6 is 0 Å². The molecule has 0 saturated carbocycles. The van der Waals surface area contributed by atoms with Gasteiger partial charge < -0.3 is 14.5 Å². The Bertz CT molecular complexity index is 509. The van der Waals surface area contributed by atoms with Gasteiger partial charge in [0.2, 0.25) is 0 Å². The molecule has 0 aliphatic carbocycles. The number of para-hydroxylation sites is 1. The minimum absolute atomic E-state index is 0.157. The summed E-state index contributed by atoms with van der Waals surface area (Å²) in [7, 11) is 1.54. The lowest BCUT2D eigenvalue weighted by Crippen LogP contribution is -2.26. The van der Waals surface area contributed by atoms with Gasteiger partial charge in [0.05, 0.1) is 18.4 Å². The second-order valence-corrected chi connectivity index (χ2v) is 3.69. The van der Waals surface area contributed by atoms with Crippen LogP contribution in [-0.4, -0.2) is 24.5 Å². The van der Waals surface area contributed by atoms with Crippen LogP contribution in [0.3, 0.4) is 0 Å². The van der Waals surface area contributed by atoms with Gasteiger partial charge >= 0.3 is 0 Å². The maximum atomic E-state index is 11.9. The molecule has 5 nitrogen and oxygen atoms in total. The summed E-state index contributed by atoms with van der Waals surface area (Å²) in [4.78, 5) is 15.9. The van der Waals surface area contributed by atoms with Gasteiger partial charge in [-0.15, -0.1) is 0 Å². The van der Waals surface area contributed by atoms with E-state index in [9.17, 15) is 4.79 Å². The Kier molecular flexibility index (Phi) is 3.96. The van der Waals surface area contributed by atoms with Crippen molar-refractivity contribution in [1.29, 1.82) is 0 Å². The summed E-state index contributed by atoms with van der Waals surface area (Å²) >= 11 is 0. The molecular formula is C13H14N2O3. The molecule has 0 radical (unpaired) electrons. The number of methoxy groups -OCH3 is 1. The Hall–Kier alpha value is -2.30. The standard InChI is InChI=1S/C13H14N2O3/c1-17-12-5-3-2-4-11(12)13(16)14-7-6-10-8-18-9-15-10/h2-5,8-9H,6-7H2,1H3,(H,14,16). The average molecular weight is 246 g/mol. The highest BCUT2D eigenvalue weighted by Crippen LogP contribution is 2.16. The first-order chi connectivity index (χ1) is 8.81. The molecule has 94 valence electrons. The van der Waals surface area contributed by atoms with Crippen LogP contribution in [0.2, 0.25) is 0 Å². The summed E-state index contributed by atoms with van der Waals surface area (Å²) < 4.78 is 9.98. The Morgan fingerprint density at radius 2 is 2.28 bits per heavy atom. The lowest BCUT2D eigenvalue weighted by Gasteiger charge is -2.08. The Morgan fingerprint density at radius 1 is 1.44 bits per heavy atom. The van der Waals surface area contributed by atoms with Crippen LogP contribution in [0, 0.1) is 0 Å². The third-order valence-corrected chi connectivity index (χ3v) is 2.50. The number of benzene rings is 1. The van der Waals surface area contributed by atoms with Crippen LogP contribution in [0.4, 0.5) is 0 Å². The monoisotopic (exact) mass is 246 g/mol. The molecule has 1 N–H and O–H groups in total. The fraction of sp³-hybridized carbons (Fsp3) is 0.231. The predicted octanol–water partition coefficient (Wildman–Crippen LogP) is 1.66. The normalized spacial score (nSPS) is 10.1. The predicted molar refractivity (Wildman–Crippen MR) is 65.5 cm³/mol. The summed E-state index contributed by atoms with van der Waals surface area (Å²) in [6, 6.07) is 7.11. The van der Waals surface area contributed by atoms with Crippen LogP contribution in [0.5, 0.6) is 5.75 Å². The van der Waals surface area contributed by atoms with Gasteiger partial charge in [0.25, 0.3) is 5.91 Å². The van der Waals surface area contributed by atoms with Gasteiger partial charge in [0.15, 0.2) is 6.39 Å². The van der Waals surface area contributed by atoms with Crippen LogP contribution in [0.15, 0.2) is 41.3 Å². The summed E-state index contributed by atoms with van der Waals surface area (Å²) in [5, 5.41) is 2.81. The number of carbonyl (C=O) groups excluding carboxylic acids is 1. The Morgan fingerprint density at radius 3 is 3.00 bits per heavy atom. The molecule has 0 atom stereocenters. The van der Waals surface area contributed by atoms with Crippen LogP contribution in [0.1, 0.15) is 16.1 Å². The van der Waals surface area contributed by atoms with Crippen LogP contribution < -0.4 is 10.1 Å². The van der Waals surface area contributed by atoms with Crippen molar-refractivity contribution in [2.45, 2.75) is 6.42 Å². The SMILES string of the molecule is COc1ccccc1C(=O)NCCc1cocn1. The van der Waals surface area contributed by atoms with E-state index in [0.29, 0.717) is 24.3 Å². The molecule has 0 fully saturated rings. The minimum atomic E-state index is -0.157. The van der Waals surface area contributed by atoms with E-state index < -0.39 is 0 Å². The Labute approximate surface area is 105 Å². The van der Waals surface area contributed by atoms with Gasteiger partial charge in [-0.1, -0.05) is 12.1 Å². The maximum absolute atomic E-state index is 11.9. The number of nitrogens with one attached hydrogen (secondary N) is 1. The second kappa shape index (κ2) is 5.86. The number of nitrogens with zero attached hydrogens (tertiary/aromatic N) is 1. The van der Waals surface area contributed by atoms with E-state index in [1.54, 1.807) is 31.6 Å². The van der Waals surface area contributed by atoms with Crippen molar-refractivity contribution in [2.75, 3.05) is 13.7 Å². The van der Waals surface area contributed by atoms with E-state index in [-0.39, 0.29) is 5.91 Å². The number of ether oxygens (including phenoxy) is 1. The maximum Gasteiger partial charge on any atom is 0.255 e. The highest BCUT2D eigenvalue weighted by atomic mass is 16.5. The highest BCUT2D eigenvalue weighted by molar-refractivity contribution is 5.96. The summed E-state index contributed by atoms with van der Waals surface area (Å²) in [5.41, 5.74) is 1.34. The molecule has 0 aliphatic heterocycles. The van der Waals surface area contributed by atoms with Gasteiger partial charge in [0, 0.05) is 13.0 Å². The first kappa shape index (κ1) is 12.2.